The third kappa shape index (κ3) is 7.32. The predicted octanol–water partition coefficient (Wildman–Crippen LogP) is 0.699. The fraction of sp³-hybridized carbons (Fsp3) is 0.727. The van der Waals surface area contributed by atoms with Crippen LogP contribution in [-0.4, -0.2) is 35.6 Å². The molecule has 0 aromatic rings. The number of rotatable bonds is 8. The highest BCUT2D eigenvalue weighted by atomic mass is 16.5. The Morgan fingerprint density at radius 1 is 1.24 bits per heavy atom. The van der Waals surface area contributed by atoms with Crippen molar-refractivity contribution in [2.24, 2.45) is 0 Å². The van der Waals surface area contributed by atoms with Crippen LogP contribution in [0.15, 0.2) is 0 Å². The summed E-state index contributed by atoms with van der Waals surface area (Å²) >= 11 is 0. The Hall–Kier alpha value is -1.59. The summed E-state index contributed by atoms with van der Waals surface area (Å²) in [5.74, 6) is -1.86. The quantitative estimate of drug-likeness (QED) is 0.614. The lowest BCUT2D eigenvalue weighted by molar-refractivity contribution is -0.148. The van der Waals surface area contributed by atoms with E-state index in [1.54, 1.807) is 6.92 Å². The molecule has 0 heterocycles. The van der Waals surface area contributed by atoms with Crippen molar-refractivity contribution in [3.63, 3.8) is 0 Å². The second-order valence-corrected chi connectivity index (χ2v) is 3.55. The normalized spacial score (nSPS) is 11.6. The van der Waals surface area contributed by atoms with Crippen LogP contribution in [0.1, 0.15) is 39.5 Å². The number of esters is 1. The van der Waals surface area contributed by atoms with Crippen molar-refractivity contribution in [1.29, 1.82) is 0 Å². The summed E-state index contributed by atoms with van der Waals surface area (Å²) in [6.07, 6.45) is 0.836. The zero-order valence-electron chi connectivity index (χ0n) is 10.2. The highest BCUT2D eigenvalue weighted by Crippen LogP contribution is 2.02. The average Bonchev–Trinajstić information content (AvgIpc) is 2.24. The molecule has 0 aliphatic rings. The van der Waals surface area contributed by atoms with E-state index in [0.717, 1.165) is 0 Å². The van der Waals surface area contributed by atoms with E-state index in [1.807, 2.05) is 6.92 Å². The zero-order valence-corrected chi connectivity index (χ0v) is 10.2. The van der Waals surface area contributed by atoms with Gasteiger partial charge in [-0.05, 0) is 19.8 Å². The predicted molar refractivity (Wildman–Crippen MR) is 60.3 cm³/mol. The van der Waals surface area contributed by atoms with E-state index in [9.17, 15) is 14.4 Å². The van der Waals surface area contributed by atoms with Crippen LogP contribution >= 0.6 is 0 Å². The minimum Gasteiger partial charge on any atom is -0.481 e. The van der Waals surface area contributed by atoms with Gasteiger partial charge in [0.1, 0.15) is 6.04 Å². The van der Waals surface area contributed by atoms with E-state index < -0.39 is 18.0 Å². The fourth-order valence-corrected chi connectivity index (χ4v) is 1.25. The Balaban J connectivity index is 4.33. The van der Waals surface area contributed by atoms with E-state index in [2.05, 4.69) is 5.32 Å². The van der Waals surface area contributed by atoms with Crippen molar-refractivity contribution in [3.8, 4) is 0 Å². The fourth-order valence-electron chi connectivity index (χ4n) is 1.25. The Bertz CT molecular complexity index is 277. The largest absolute Gasteiger partial charge is 0.481 e. The Labute approximate surface area is 100 Å². The lowest BCUT2D eigenvalue weighted by atomic mass is 10.1. The molecule has 17 heavy (non-hydrogen) atoms. The number of carbonyl (C=O) groups excluding carboxylic acids is 2. The molecule has 0 bridgehead atoms. The standard InChI is InChI=1S/C11H19NO5/c1-3-5-9(13)12-8(6-7-10(14)15)11(16)17-4-2/h8H,3-7H2,1-2H3,(H,12,13)(H,14,15)/t8-/m0/s1. The minimum absolute atomic E-state index is 0.0453. The average molecular weight is 245 g/mol. The molecule has 6 heteroatoms. The first-order valence-electron chi connectivity index (χ1n) is 5.69. The molecule has 1 atom stereocenters. The second kappa shape index (κ2) is 8.55. The first kappa shape index (κ1) is 15.4. The monoisotopic (exact) mass is 245 g/mol. The molecule has 0 spiro atoms. The molecule has 0 fully saturated rings. The number of nitrogens with one attached hydrogen (secondary N) is 1. The number of carbonyl (C=O) groups is 3. The molecule has 6 nitrogen and oxygen atoms in total. The van der Waals surface area contributed by atoms with E-state index in [1.165, 1.54) is 0 Å². The maximum Gasteiger partial charge on any atom is 0.328 e. The molecule has 0 aromatic carbocycles. The van der Waals surface area contributed by atoms with Crippen molar-refractivity contribution >= 4 is 17.8 Å². The molecule has 0 aliphatic carbocycles. The van der Waals surface area contributed by atoms with Gasteiger partial charge in [0.2, 0.25) is 5.91 Å². The smallest absolute Gasteiger partial charge is 0.328 e. The van der Waals surface area contributed by atoms with Gasteiger partial charge in [0, 0.05) is 12.8 Å². The van der Waals surface area contributed by atoms with Crippen molar-refractivity contribution in [2.45, 2.75) is 45.6 Å². The molecule has 0 saturated carbocycles. The van der Waals surface area contributed by atoms with Crippen LogP contribution in [0.2, 0.25) is 0 Å². The molecular weight excluding hydrogens is 226 g/mol. The molecule has 98 valence electrons. The van der Waals surface area contributed by atoms with E-state index >= 15 is 0 Å². The van der Waals surface area contributed by atoms with E-state index in [0.29, 0.717) is 12.8 Å². The maximum atomic E-state index is 11.5. The molecule has 0 saturated heterocycles. The lowest BCUT2D eigenvalue weighted by Gasteiger charge is -2.16. The van der Waals surface area contributed by atoms with Crippen LogP contribution in [0.3, 0.4) is 0 Å². The Morgan fingerprint density at radius 3 is 2.35 bits per heavy atom. The summed E-state index contributed by atoms with van der Waals surface area (Å²) in [5, 5.41) is 11.0. The van der Waals surface area contributed by atoms with Crippen molar-refractivity contribution < 1.29 is 24.2 Å². The molecule has 0 aromatic heterocycles. The Kier molecular flexibility index (Phi) is 7.75. The summed E-state index contributed by atoms with van der Waals surface area (Å²) in [5.41, 5.74) is 0. The summed E-state index contributed by atoms with van der Waals surface area (Å²) in [6.45, 7) is 3.70. The SMILES string of the molecule is CCCC(=O)N[C@@H](CCC(=O)O)C(=O)OCC. The van der Waals surface area contributed by atoms with Crippen LogP contribution < -0.4 is 5.32 Å². The number of aliphatic carboxylic acids is 1. The second-order valence-electron chi connectivity index (χ2n) is 3.55. The van der Waals surface area contributed by atoms with Gasteiger partial charge in [-0.1, -0.05) is 6.92 Å². The lowest BCUT2D eigenvalue weighted by Crippen LogP contribution is -2.42. The first-order valence-corrected chi connectivity index (χ1v) is 5.69. The van der Waals surface area contributed by atoms with Crippen molar-refractivity contribution in [2.75, 3.05) is 6.61 Å². The topological polar surface area (TPSA) is 92.7 Å². The molecule has 0 unspecified atom stereocenters. The van der Waals surface area contributed by atoms with Gasteiger partial charge in [-0.25, -0.2) is 4.79 Å². The molecule has 0 rings (SSSR count). The summed E-state index contributed by atoms with van der Waals surface area (Å²) < 4.78 is 4.77. The zero-order chi connectivity index (χ0) is 13.3. The van der Waals surface area contributed by atoms with Gasteiger partial charge < -0.3 is 15.2 Å². The van der Waals surface area contributed by atoms with Gasteiger partial charge in [0.05, 0.1) is 6.61 Å². The summed E-state index contributed by atoms with van der Waals surface area (Å²) in [7, 11) is 0. The van der Waals surface area contributed by atoms with Gasteiger partial charge >= 0.3 is 11.9 Å². The molecule has 1 amide bonds. The van der Waals surface area contributed by atoms with Crippen LogP contribution in [-0.2, 0) is 19.1 Å². The first-order chi connectivity index (χ1) is 8.01. The van der Waals surface area contributed by atoms with Gasteiger partial charge in [-0.2, -0.15) is 0 Å². The summed E-state index contributed by atoms with van der Waals surface area (Å²) in [6, 6.07) is -0.870. The van der Waals surface area contributed by atoms with Crippen molar-refractivity contribution in [3.05, 3.63) is 0 Å². The molecule has 0 radical (unpaired) electrons. The number of hydrogen-bond donors (Lipinski definition) is 2. The molecular formula is C11H19NO5. The highest BCUT2D eigenvalue weighted by Gasteiger charge is 2.22. The van der Waals surface area contributed by atoms with Gasteiger partial charge in [-0.3, -0.25) is 9.59 Å². The maximum absolute atomic E-state index is 11.5. The molecule has 0 aliphatic heterocycles. The number of amides is 1. The van der Waals surface area contributed by atoms with Gasteiger partial charge in [0.25, 0.3) is 0 Å². The van der Waals surface area contributed by atoms with Gasteiger partial charge in [-0.15, -0.1) is 0 Å². The third-order valence-corrected chi connectivity index (χ3v) is 2.03. The minimum atomic E-state index is -1.01. The summed E-state index contributed by atoms with van der Waals surface area (Å²) in [4.78, 5) is 33.2. The van der Waals surface area contributed by atoms with E-state index in [-0.39, 0.29) is 25.4 Å². The molecule has 2 N–H and O–H groups in total. The van der Waals surface area contributed by atoms with Crippen LogP contribution in [0.4, 0.5) is 0 Å². The Morgan fingerprint density at radius 2 is 1.88 bits per heavy atom. The van der Waals surface area contributed by atoms with E-state index in [4.69, 9.17) is 9.84 Å². The van der Waals surface area contributed by atoms with Crippen LogP contribution in [0.25, 0.3) is 0 Å². The van der Waals surface area contributed by atoms with Gasteiger partial charge in [0.15, 0.2) is 0 Å². The van der Waals surface area contributed by atoms with Crippen LogP contribution in [0.5, 0.6) is 0 Å². The number of hydrogen-bond acceptors (Lipinski definition) is 4. The van der Waals surface area contributed by atoms with Crippen LogP contribution in [0, 0.1) is 0 Å². The highest BCUT2D eigenvalue weighted by molar-refractivity contribution is 5.84. The number of carboxylic acid groups (broad SMARTS) is 1. The number of ether oxygens (including phenoxy) is 1. The number of carboxylic acids is 1. The van der Waals surface area contributed by atoms with Crippen molar-refractivity contribution in [1.82, 2.24) is 5.32 Å². The third-order valence-electron chi connectivity index (χ3n) is 2.03.